The first-order chi connectivity index (χ1) is 8.65. The third-order valence-electron chi connectivity index (χ3n) is 3.74. The summed E-state index contributed by atoms with van der Waals surface area (Å²) in [7, 11) is 0. The van der Waals surface area contributed by atoms with Crippen LogP contribution in [0.25, 0.3) is 0 Å². The third-order valence-corrected chi connectivity index (χ3v) is 3.96. The van der Waals surface area contributed by atoms with Gasteiger partial charge in [0.15, 0.2) is 5.11 Å². The van der Waals surface area contributed by atoms with Gasteiger partial charge in [0.2, 0.25) is 0 Å². The molecule has 1 aliphatic rings. The normalized spacial score (nSPS) is 23.4. The average molecular weight is 262 g/mol. The first kappa shape index (κ1) is 13.3. The summed E-state index contributed by atoms with van der Waals surface area (Å²) in [6, 6.07) is 8.84. The van der Waals surface area contributed by atoms with Crippen LogP contribution in [0.2, 0.25) is 0 Å². The first-order valence-corrected chi connectivity index (χ1v) is 7.20. The quantitative estimate of drug-likeness (QED) is 0.791. The lowest BCUT2D eigenvalue weighted by molar-refractivity contribution is 0.309. The van der Waals surface area contributed by atoms with Crippen molar-refractivity contribution in [1.82, 2.24) is 5.32 Å². The van der Waals surface area contributed by atoms with Gasteiger partial charge in [0.05, 0.1) is 0 Å². The molecule has 98 valence electrons. The van der Waals surface area contributed by atoms with Crippen LogP contribution in [0.3, 0.4) is 0 Å². The Balaban J connectivity index is 1.86. The molecule has 2 N–H and O–H groups in total. The lowest BCUT2D eigenvalue weighted by atomic mass is 9.86. The molecule has 1 saturated carbocycles. The maximum Gasteiger partial charge on any atom is 0.171 e. The van der Waals surface area contributed by atoms with Crippen LogP contribution in [0.5, 0.6) is 0 Å². The van der Waals surface area contributed by atoms with Crippen molar-refractivity contribution in [1.29, 1.82) is 0 Å². The van der Waals surface area contributed by atoms with Gasteiger partial charge in [0.25, 0.3) is 0 Å². The number of thiocarbonyl (C=S) groups is 1. The molecule has 0 radical (unpaired) electrons. The SMILES string of the molecule is Cc1ccc(NC(=S)NC2CCCCC2C)cc1. The van der Waals surface area contributed by atoms with Gasteiger partial charge in [-0.15, -0.1) is 0 Å². The molecule has 0 aromatic heterocycles. The number of benzene rings is 1. The van der Waals surface area contributed by atoms with Crippen LogP contribution in [-0.4, -0.2) is 11.2 Å². The van der Waals surface area contributed by atoms with E-state index in [4.69, 9.17) is 12.2 Å². The second-order valence-electron chi connectivity index (χ2n) is 5.33. The Bertz CT molecular complexity index is 399. The van der Waals surface area contributed by atoms with Gasteiger partial charge < -0.3 is 10.6 Å². The van der Waals surface area contributed by atoms with Gasteiger partial charge in [-0.1, -0.05) is 37.5 Å². The van der Waals surface area contributed by atoms with E-state index in [9.17, 15) is 0 Å². The molecule has 0 saturated heterocycles. The number of hydrogen-bond donors (Lipinski definition) is 2. The maximum absolute atomic E-state index is 5.38. The highest BCUT2D eigenvalue weighted by Gasteiger charge is 2.21. The van der Waals surface area contributed by atoms with Crippen molar-refractivity contribution in [3.8, 4) is 0 Å². The van der Waals surface area contributed by atoms with Crippen LogP contribution in [0.15, 0.2) is 24.3 Å². The Hall–Kier alpha value is -1.09. The van der Waals surface area contributed by atoms with Crippen molar-refractivity contribution in [3.05, 3.63) is 29.8 Å². The van der Waals surface area contributed by atoms with Gasteiger partial charge >= 0.3 is 0 Å². The summed E-state index contributed by atoms with van der Waals surface area (Å²) in [5, 5.41) is 7.46. The van der Waals surface area contributed by atoms with E-state index in [1.54, 1.807) is 0 Å². The van der Waals surface area contributed by atoms with Crippen molar-refractivity contribution < 1.29 is 0 Å². The molecule has 0 amide bonds. The van der Waals surface area contributed by atoms with Gasteiger partial charge in [0.1, 0.15) is 0 Å². The molecule has 2 atom stereocenters. The topological polar surface area (TPSA) is 24.1 Å². The predicted molar refractivity (Wildman–Crippen MR) is 82.0 cm³/mol. The minimum atomic E-state index is 0.532. The van der Waals surface area contributed by atoms with E-state index in [0.29, 0.717) is 6.04 Å². The van der Waals surface area contributed by atoms with E-state index < -0.39 is 0 Å². The first-order valence-electron chi connectivity index (χ1n) is 6.79. The van der Waals surface area contributed by atoms with E-state index >= 15 is 0 Å². The van der Waals surface area contributed by atoms with Crippen molar-refractivity contribution in [2.75, 3.05) is 5.32 Å². The highest BCUT2D eigenvalue weighted by atomic mass is 32.1. The molecule has 1 aliphatic carbocycles. The predicted octanol–water partition coefficient (Wildman–Crippen LogP) is 3.86. The van der Waals surface area contributed by atoms with Crippen LogP contribution in [0.1, 0.15) is 38.2 Å². The molecule has 2 nitrogen and oxygen atoms in total. The molecule has 2 rings (SSSR count). The average Bonchev–Trinajstić information content (AvgIpc) is 2.35. The lowest BCUT2D eigenvalue weighted by Gasteiger charge is -2.30. The minimum Gasteiger partial charge on any atom is -0.359 e. The minimum absolute atomic E-state index is 0.532. The lowest BCUT2D eigenvalue weighted by Crippen LogP contribution is -2.43. The summed E-state index contributed by atoms with van der Waals surface area (Å²) in [5.41, 5.74) is 2.32. The largest absolute Gasteiger partial charge is 0.359 e. The molecule has 2 unspecified atom stereocenters. The third kappa shape index (κ3) is 3.70. The van der Waals surface area contributed by atoms with Crippen molar-refractivity contribution in [2.24, 2.45) is 5.92 Å². The molecular weight excluding hydrogens is 240 g/mol. The molecule has 3 heteroatoms. The molecular formula is C15H22N2S. The van der Waals surface area contributed by atoms with Gasteiger partial charge in [0, 0.05) is 11.7 Å². The maximum atomic E-state index is 5.38. The molecule has 18 heavy (non-hydrogen) atoms. The van der Waals surface area contributed by atoms with E-state index in [1.807, 2.05) is 0 Å². The van der Waals surface area contributed by atoms with Crippen molar-refractivity contribution in [2.45, 2.75) is 45.6 Å². The van der Waals surface area contributed by atoms with Crippen LogP contribution >= 0.6 is 12.2 Å². The van der Waals surface area contributed by atoms with Crippen LogP contribution in [-0.2, 0) is 0 Å². The van der Waals surface area contributed by atoms with Crippen LogP contribution in [0, 0.1) is 12.8 Å². The number of hydrogen-bond acceptors (Lipinski definition) is 1. The van der Waals surface area contributed by atoms with E-state index in [0.717, 1.165) is 16.7 Å². The Kier molecular flexibility index (Phi) is 4.59. The van der Waals surface area contributed by atoms with Crippen LogP contribution < -0.4 is 10.6 Å². The summed E-state index contributed by atoms with van der Waals surface area (Å²) < 4.78 is 0. The second-order valence-corrected chi connectivity index (χ2v) is 5.74. The van der Waals surface area contributed by atoms with Gasteiger partial charge in [-0.25, -0.2) is 0 Å². The zero-order valence-electron chi connectivity index (χ0n) is 11.2. The Morgan fingerprint density at radius 2 is 1.83 bits per heavy atom. The van der Waals surface area contributed by atoms with Crippen LogP contribution in [0.4, 0.5) is 5.69 Å². The zero-order chi connectivity index (χ0) is 13.0. The molecule has 1 fully saturated rings. The number of aryl methyl sites for hydroxylation is 1. The summed E-state index contributed by atoms with van der Waals surface area (Å²) in [6.07, 6.45) is 5.22. The Labute approximate surface area is 115 Å². The molecule has 0 heterocycles. The standard InChI is InChI=1S/C15H22N2S/c1-11-7-9-13(10-8-11)16-15(18)17-14-6-4-3-5-12(14)2/h7-10,12,14H,3-6H2,1-2H3,(H2,16,17,18). The summed E-state index contributed by atoms with van der Waals surface area (Å²) >= 11 is 5.38. The molecule has 1 aromatic rings. The highest BCUT2D eigenvalue weighted by molar-refractivity contribution is 7.80. The van der Waals surface area contributed by atoms with E-state index in [-0.39, 0.29) is 0 Å². The molecule has 0 aliphatic heterocycles. The number of anilines is 1. The number of rotatable bonds is 2. The summed E-state index contributed by atoms with van der Waals surface area (Å²) in [6.45, 7) is 4.40. The van der Waals surface area contributed by atoms with Gasteiger partial charge in [-0.3, -0.25) is 0 Å². The Morgan fingerprint density at radius 1 is 1.17 bits per heavy atom. The zero-order valence-corrected chi connectivity index (χ0v) is 12.0. The number of nitrogens with one attached hydrogen (secondary N) is 2. The van der Waals surface area contributed by atoms with Crippen molar-refractivity contribution in [3.63, 3.8) is 0 Å². The monoisotopic (exact) mass is 262 g/mol. The molecule has 0 spiro atoms. The fourth-order valence-corrected chi connectivity index (χ4v) is 2.77. The summed E-state index contributed by atoms with van der Waals surface area (Å²) in [4.78, 5) is 0. The molecule has 1 aromatic carbocycles. The smallest absolute Gasteiger partial charge is 0.171 e. The summed E-state index contributed by atoms with van der Waals surface area (Å²) in [5.74, 6) is 0.719. The van der Waals surface area contributed by atoms with E-state index in [1.165, 1.54) is 31.2 Å². The second kappa shape index (κ2) is 6.19. The Morgan fingerprint density at radius 3 is 2.50 bits per heavy atom. The van der Waals surface area contributed by atoms with Crippen molar-refractivity contribution >= 4 is 23.0 Å². The van der Waals surface area contributed by atoms with E-state index in [2.05, 4.69) is 48.7 Å². The molecule has 0 bridgehead atoms. The fraction of sp³-hybridized carbons (Fsp3) is 0.533. The van der Waals surface area contributed by atoms with Gasteiger partial charge in [-0.05, 0) is 50.0 Å². The van der Waals surface area contributed by atoms with Gasteiger partial charge in [-0.2, -0.15) is 0 Å². The highest BCUT2D eigenvalue weighted by Crippen LogP contribution is 2.23. The fourth-order valence-electron chi connectivity index (χ4n) is 2.50.